The number of rotatable bonds is 8. The van der Waals surface area contributed by atoms with Gasteiger partial charge in [0.15, 0.2) is 0 Å². The molecular weight excluding hydrogens is 1110 g/mol. The van der Waals surface area contributed by atoms with Crippen LogP contribution in [-0.4, -0.2) is 127 Å². The molecule has 0 bridgehead atoms. The van der Waals surface area contributed by atoms with Crippen molar-refractivity contribution < 1.29 is 21.0 Å². The van der Waals surface area contributed by atoms with Crippen molar-refractivity contribution in [1.82, 2.24) is 15.1 Å². The number of ether oxygens (including phenoxy) is 2. The summed E-state index contributed by atoms with van der Waals surface area (Å²) in [5, 5.41) is 6.80. The van der Waals surface area contributed by atoms with E-state index in [-0.39, 0.29) is 5.92 Å². The van der Waals surface area contributed by atoms with Gasteiger partial charge in [-0.15, -0.1) is 0 Å². The van der Waals surface area contributed by atoms with Crippen LogP contribution in [0.15, 0.2) is 128 Å². The maximum atomic E-state index is 13.6. The number of nitrogens with one attached hydrogen (secondary N) is 2. The molecule has 1 atom stereocenters. The summed E-state index contributed by atoms with van der Waals surface area (Å²) in [7, 11) is 0. The summed E-state index contributed by atoms with van der Waals surface area (Å²) >= 11 is 10.4. The van der Waals surface area contributed by atoms with Gasteiger partial charge in [0.1, 0.15) is 11.6 Å². The van der Waals surface area contributed by atoms with Crippen molar-refractivity contribution in [3.05, 3.63) is 168 Å². The van der Waals surface area contributed by atoms with Gasteiger partial charge in [-0.3, -0.25) is 9.80 Å². The van der Waals surface area contributed by atoms with Crippen LogP contribution < -0.4 is 31.1 Å². The van der Waals surface area contributed by atoms with E-state index >= 15 is 0 Å². The van der Waals surface area contributed by atoms with Gasteiger partial charge in [0.05, 0.1) is 41.2 Å². The second-order valence-corrected chi connectivity index (χ2v) is 22.0. The maximum Gasteiger partial charge on any atom is 0.126 e. The predicted molar refractivity (Wildman–Crippen MR) is 304 cm³/mol. The highest BCUT2D eigenvalue weighted by Gasteiger charge is 2.30. The molecule has 0 saturated carbocycles. The fraction of sp³-hybridized carbons (Fsp3) is 0.404. The second-order valence-electron chi connectivity index (χ2n) is 19.2. The van der Waals surface area contributed by atoms with Crippen molar-refractivity contribution in [3.63, 3.8) is 0 Å². The third-order valence-electron chi connectivity index (χ3n) is 13.3. The molecule has 11 rings (SSSR count). The molecule has 1 aliphatic carbocycles. The topological polar surface area (TPSA) is 84.7 Å². The molecule has 0 amide bonds. The van der Waals surface area contributed by atoms with E-state index in [0.29, 0.717) is 32.0 Å². The average Bonchev–Trinajstić information content (AvgIpc) is 3.80. The zero-order chi connectivity index (χ0) is 52.6. The lowest BCUT2D eigenvalue weighted by atomic mass is 10.0. The third-order valence-corrected chi connectivity index (χ3v) is 14.7. The van der Waals surface area contributed by atoms with Gasteiger partial charge in [-0.2, -0.15) is 0 Å². The first-order valence-electron chi connectivity index (χ1n) is 25.8. The fourth-order valence-corrected chi connectivity index (χ4v) is 11.4. The Kier molecular flexibility index (Phi) is 18.3. The molecule has 4 N–H and O–H groups in total. The van der Waals surface area contributed by atoms with Crippen molar-refractivity contribution in [2.24, 2.45) is 0 Å². The summed E-state index contributed by atoms with van der Waals surface area (Å²) < 4.78 is 57.6. The first kappa shape index (κ1) is 51.2. The quantitative estimate of drug-likeness (QED) is 0.131. The largest absolute Gasteiger partial charge is 0.399 e. The third kappa shape index (κ3) is 15.6. The van der Waals surface area contributed by atoms with Gasteiger partial charge in [-0.1, -0.05) is 53.9 Å². The molecule has 6 aliphatic rings. The molecule has 72 heavy (non-hydrogen) atoms. The molecule has 5 heterocycles. The van der Waals surface area contributed by atoms with Crippen LogP contribution in [0.4, 0.5) is 37.2 Å². The number of nitrogens with two attached hydrogens (primary N) is 1. The Morgan fingerprint density at radius 2 is 1.00 bits per heavy atom. The number of aryl methyl sites for hydroxylation is 4. The number of hydrogen-bond acceptors (Lipinski definition) is 10. The Morgan fingerprint density at radius 1 is 0.556 bits per heavy atom. The van der Waals surface area contributed by atoms with Gasteiger partial charge in [0.2, 0.25) is 0 Å². The molecule has 0 aromatic heterocycles. The fourth-order valence-electron chi connectivity index (χ4n) is 9.55. The van der Waals surface area contributed by atoms with Crippen LogP contribution in [0.3, 0.4) is 0 Å². The molecule has 5 aliphatic heterocycles. The van der Waals surface area contributed by atoms with Crippen molar-refractivity contribution in [1.29, 1.82) is 0 Å². The van der Waals surface area contributed by atoms with Crippen LogP contribution >= 0.6 is 47.8 Å². The Labute approximate surface area is 453 Å². The molecule has 5 aromatic rings. The normalized spacial score (nSPS) is 20.7. The highest BCUT2D eigenvalue weighted by molar-refractivity contribution is 9.11. The number of nitrogen functional groups attached to an aromatic ring is 1. The zero-order valence-electron chi connectivity index (χ0n) is 43.8. The summed E-state index contributed by atoms with van der Waals surface area (Å²) in [5.41, 5.74) is 17.5. The van der Waals surface area contributed by atoms with Crippen molar-refractivity contribution in [2.75, 3.05) is 131 Å². The van der Waals surface area contributed by atoms with Crippen LogP contribution in [0.25, 0.3) is 0 Å². The monoisotopic (exact) mass is 1170 g/mol. The minimum atomic E-state index is -0.562. The van der Waals surface area contributed by atoms with E-state index in [1.807, 2.05) is 43.4 Å². The van der Waals surface area contributed by atoms with E-state index in [0.717, 1.165) is 122 Å². The van der Waals surface area contributed by atoms with E-state index in [1.165, 1.54) is 44.7 Å². The summed E-state index contributed by atoms with van der Waals surface area (Å²) in [6.07, 6.45) is 5.86. The smallest absolute Gasteiger partial charge is 0.126 e. The molecule has 384 valence electrons. The van der Waals surface area contributed by atoms with E-state index < -0.39 is 23.7 Å². The minimum Gasteiger partial charge on any atom is -0.399 e. The summed E-state index contributed by atoms with van der Waals surface area (Å²) in [5.74, 6) is -1.28. The maximum absolute atomic E-state index is 13.6. The second kappa shape index (κ2) is 25.8. The summed E-state index contributed by atoms with van der Waals surface area (Å²) in [4.78, 5) is 11.6. The molecule has 10 nitrogen and oxygen atoms in total. The van der Waals surface area contributed by atoms with Crippen LogP contribution in [0.5, 0.6) is 0 Å². The molecule has 0 radical (unpaired) electrons. The highest BCUT2D eigenvalue weighted by Crippen LogP contribution is 2.31. The van der Waals surface area contributed by atoms with Crippen molar-refractivity contribution in [2.45, 2.75) is 45.6 Å². The molecular formula is C57H69Br3F2N8O2. The van der Waals surface area contributed by atoms with Crippen LogP contribution in [-0.2, 0) is 9.47 Å². The van der Waals surface area contributed by atoms with Gasteiger partial charge in [-0.25, -0.2) is 8.78 Å². The molecule has 5 fully saturated rings. The molecule has 15 heteroatoms. The van der Waals surface area contributed by atoms with Crippen molar-refractivity contribution >= 4 is 76.2 Å². The first-order valence-corrected chi connectivity index (χ1v) is 27.2. The lowest BCUT2D eigenvalue weighted by Gasteiger charge is -2.43. The van der Waals surface area contributed by atoms with Gasteiger partial charge in [0, 0.05) is 138 Å². The van der Waals surface area contributed by atoms with Gasteiger partial charge < -0.3 is 40.5 Å². The first-order chi connectivity index (χ1) is 35.4. The molecule has 5 saturated heterocycles. The SMILES string of the molecule is Cc1cc(Br)cc(N2CCNCC2)c1.Cc1cc(N)cc(Br)c1.[2H]C1(N2CCN(c3cc(C)cc(Br)c3)CC2)COC1.[2H]C1(N2CCN(c3cc(C)cc(NC4=CC(c5cc(F)cc(F)c5)C=C4)c3)CC2)COC1. The van der Waals surface area contributed by atoms with Crippen molar-refractivity contribution in [3.8, 4) is 0 Å². The number of halogens is 5. The van der Waals surface area contributed by atoms with E-state index in [2.05, 4.69) is 158 Å². The Bertz CT molecular complexity index is 2670. The minimum absolute atomic E-state index is 0.160. The van der Waals surface area contributed by atoms with Gasteiger partial charge in [0.25, 0.3) is 0 Å². The van der Waals surface area contributed by atoms with Crippen LogP contribution in [0, 0.1) is 39.3 Å². The zero-order valence-corrected chi connectivity index (χ0v) is 46.6. The van der Waals surface area contributed by atoms with Crippen LogP contribution in [0.2, 0.25) is 0 Å². The lowest BCUT2D eigenvalue weighted by Crippen LogP contribution is -2.56. The Hall–Kier alpha value is -4.32. The standard InChI is InChI=1S/C25H27F2N3O.C14H19BrN2O.C11H15BrN2.C7H8BrN/c1-17-8-23(14-24(9-17)29-4-6-30(7-5-29)25-15-31-16-25)28-22-3-2-18(12-22)19-10-20(26)13-21(27)11-19;1-11-6-12(15)8-13(7-11)16-2-4-17(5-3-16)14-9-18-10-14;1-9-6-10(12)8-11(7-9)14-4-2-13-3-5-14;1-5-2-6(8)4-7(9)3-5/h2-3,8-14,18,25,28H,4-7,15-16H2,1H3;6-8,14H,2-5,9-10H2,1H3;6-8,13H,2-5H2,1H3;2-4H,9H2,1H3/i25D;14D;;. The van der Waals surface area contributed by atoms with Crippen LogP contribution in [0.1, 0.15) is 36.5 Å². The number of anilines is 5. The number of hydrogen-bond donors (Lipinski definition) is 3. The lowest BCUT2D eigenvalue weighted by molar-refractivity contribution is -0.0660. The summed E-state index contributed by atoms with van der Waals surface area (Å²) in [6, 6.07) is 28.0. The highest BCUT2D eigenvalue weighted by atomic mass is 79.9. The van der Waals surface area contributed by atoms with Gasteiger partial charge >= 0.3 is 0 Å². The molecule has 0 spiro atoms. The molecule has 5 aromatic carbocycles. The molecule has 1 unspecified atom stereocenters. The number of nitrogens with zero attached hydrogens (tertiary/aromatic N) is 5. The van der Waals surface area contributed by atoms with E-state index in [4.69, 9.17) is 17.9 Å². The number of benzene rings is 5. The van der Waals surface area contributed by atoms with Gasteiger partial charge in [-0.05, 0) is 153 Å². The van der Waals surface area contributed by atoms with E-state index in [1.54, 1.807) is 0 Å². The number of piperazine rings is 3. The predicted octanol–water partition coefficient (Wildman–Crippen LogP) is 11.2. The number of allylic oxidation sites excluding steroid dienone is 3. The van der Waals surface area contributed by atoms with E-state index in [9.17, 15) is 8.78 Å². The Morgan fingerprint density at radius 3 is 1.44 bits per heavy atom. The summed E-state index contributed by atoms with van der Waals surface area (Å²) in [6.45, 7) is 22.2. The Balaban J connectivity index is 0.000000146. The average molecular weight is 1180 g/mol.